The summed E-state index contributed by atoms with van der Waals surface area (Å²) < 4.78 is 17.2. The van der Waals surface area contributed by atoms with E-state index in [9.17, 15) is 14.4 Å². The van der Waals surface area contributed by atoms with Crippen molar-refractivity contribution in [2.45, 2.75) is 71.4 Å². The highest BCUT2D eigenvalue weighted by Crippen LogP contribution is 2.30. The molecule has 0 spiro atoms. The number of para-hydroxylation sites is 2. The Morgan fingerprint density at radius 2 is 1.65 bits per heavy atom. The number of rotatable bonds is 10. The summed E-state index contributed by atoms with van der Waals surface area (Å²) in [6, 6.07) is 20.2. The molecule has 1 fully saturated rings. The summed E-state index contributed by atoms with van der Waals surface area (Å²) in [4.78, 5) is 46.8. The monoisotopic (exact) mass is 626 g/mol. The molecule has 3 aromatic carbocycles. The van der Waals surface area contributed by atoms with Crippen molar-refractivity contribution in [3.8, 4) is 17.2 Å². The predicted octanol–water partition coefficient (Wildman–Crippen LogP) is 6.45. The van der Waals surface area contributed by atoms with Crippen LogP contribution in [-0.4, -0.2) is 60.0 Å². The van der Waals surface area contributed by atoms with Gasteiger partial charge in [-0.25, -0.2) is 14.6 Å². The van der Waals surface area contributed by atoms with Gasteiger partial charge >= 0.3 is 12.1 Å². The zero-order valence-corrected chi connectivity index (χ0v) is 26.8. The van der Waals surface area contributed by atoms with Gasteiger partial charge < -0.3 is 24.0 Å². The van der Waals surface area contributed by atoms with Crippen molar-refractivity contribution in [3.63, 3.8) is 0 Å². The van der Waals surface area contributed by atoms with Crippen LogP contribution >= 0.6 is 0 Å². The summed E-state index contributed by atoms with van der Waals surface area (Å²) in [5.41, 5.74) is 3.14. The lowest BCUT2D eigenvalue weighted by Gasteiger charge is -2.31. The van der Waals surface area contributed by atoms with Crippen molar-refractivity contribution in [1.29, 1.82) is 0 Å². The van der Waals surface area contributed by atoms with Gasteiger partial charge in [-0.3, -0.25) is 10.1 Å². The molecule has 10 heteroatoms. The van der Waals surface area contributed by atoms with Crippen molar-refractivity contribution in [1.82, 2.24) is 15.1 Å². The highest BCUT2D eigenvalue weighted by molar-refractivity contribution is 5.98. The predicted molar refractivity (Wildman–Crippen MR) is 175 cm³/mol. The molecule has 0 atom stereocenters. The van der Waals surface area contributed by atoms with Crippen LogP contribution in [0, 0.1) is 13.8 Å². The zero-order chi connectivity index (χ0) is 32.5. The van der Waals surface area contributed by atoms with Crippen molar-refractivity contribution in [3.05, 3.63) is 83.4 Å². The van der Waals surface area contributed by atoms with Crippen LogP contribution in [0.2, 0.25) is 0 Å². The number of ether oxygens (including phenoxy) is 3. The van der Waals surface area contributed by atoms with Gasteiger partial charge in [0.15, 0.2) is 0 Å². The molecule has 1 aliphatic carbocycles. The molecule has 0 saturated heterocycles. The third-order valence-corrected chi connectivity index (χ3v) is 8.37. The Bertz CT molecular complexity index is 1550. The van der Waals surface area contributed by atoms with Gasteiger partial charge in [-0.2, -0.15) is 0 Å². The van der Waals surface area contributed by atoms with Gasteiger partial charge in [0.05, 0.1) is 12.3 Å². The first-order valence-corrected chi connectivity index (χ1v) is 15.9. The van der Waals surface area contributed by atoms with Gasteiger partial charge in [0.1, 0.15) is 23.8 Å². The molecule has 1 aliphatic heterocycles. The maximum atomic E-state index is 13.1. The molecule has 0 unspecified atom stereocenters. The SMILES string of the molecule is Cc1cccc(C)c1OC(=O)CN1Cc2cc(OCCCC(=O)N(C)C3CCCCC3)ccc2N=C1NC(=O)Oc1ccccc1. The van der Waals surface area contributed by atoms with E-state index < -0.39 is 12.1 Å². The summed E-state index contributed by atoms with van der Waals surface area (Å²) in [6.45, 7) is 4.26. The van der Waals surface area contributed by atoms with Crippen molar-refractivity contribution in [2.75, 3.05) is 20.2 Å². The first-order valence-electron chi connectivity index (χ1n) is 15.9. The number of carbonyl (C=O) groups excluding carboxylic acids is 3. The van der Waals surface area contributed by atoms with Gasteiger partial charge in [0.2, 0.25) is 11.9 Å². The molecular weight excluding hydrogens is 584 g/mol. The lowest BCUT2D eigenvalue weighted by molar-refractivity contribution is -0.135. The number of aliphatic imine (C=N–C) groups is 1. The summed E-state index contributed by atoms with van der Waals surface area (Å²) in [6.07, 6.45) is 6.12. The van der Waals surface area contributed by atoms with Crippen LogP contribution in [0.1, 0.15) is 61.6 Å². The van der Waals surface area contributed by atoms with Crippen LogP contribution < -0.4 is 19.5 Å². The van der Waals surface area contributed by atoms with E-state index >= 15 is 0 Å². The van der Waals surface area contributed by atoms with Crippen LogP contribution in [-0.2, 0) is 16.1 Å². The molecule has 10 nitrogen and oxygen atoms in total. The molecule has 0 radical (unpaired) electrons. The molecule has 242 valence electrons. The average molecular weight is 627 g/mol. The molecular formula is C36H42N4O6. The van der Waals surface area contributed by atoms with Crippen LogP contribution in [0.4, 0.5) is 10.5 Å². The molecule has 0 aromatic heterocycles. The molecule has 2 amide bonds. The number of esters is 1. The standard InChI is InChI=1S/C36H42N4O6/c1-25-12-10-13-26(2)34(25)46-33(42)24-40-23-27-22-30(44-21-11-18-32(41)39(3)28-14-6-4-7-15-28)19-20-31(27)37-35(40)38-36(43)45-29-16-8-5-9-17-29/h5,8-10,12-13,16-17,19-20,22,28H,4,6-7,11,14-15,18,21,23-24H2,1-3H3,(H,37,38,43). The maximum Gasteiger partial charge on any atom is 0.419 e. The second kappa shape index (κ2) is 15.4. The van der Waals surface area contributed by atoms with Gasteiger partial charge in [0, 0.05) is 31.6 Å². The van der Waals surface area contributed by atoms with Gasteiger partial charge in [0.25, 0.3) is 0 Å². The largest absolute Gasteiger partial charge is 0.494 e. The van der Waals surface area contributed by atoms with Crippen molar-refractivity contribution >= 4 is 29.6 Å². The van der Waals surface area contributed by atoms with E-state index in [0.717, 1.165) is 29.5 Å². The molecule has 1 heterocycles. The average Bonchev–Trinajstić information content (AvgIpc) is 3.05. The number of nitrogens with zero attached hydrogens (tertiary/aromatic N) is 3. The number of aryl methyl sites for hydroxylation is 2. The Balaban J connectivity index is 1.24. The fourth-order valence-electron chi connectivity index (χ4n) is 5.83. The van der Waals surface area contributed by atoms with E-state index in [4.69, 9.17) is 14.2 Å². The number of hydrogen-bond acceptors (Lipinski definition) is 8. The van der Waals surface area contributed by atoms with Crippen LogP contribution in [0.15, 0.2) is 71.7 Å². The van der Waals surface area contributed by atoms with Crippen LogP contribution in [0.25, 0.3) is 0 Å². The Hall–Kier alpha value is -4.86. The Morgan fingerprint density at radius 3 is 2.39 bits per heavy atom. The number of amides is 2. The van der Waals surface area contributed by atoms with Crippen molar-refractivity contribution in [2.24, 2.45) is 4.99 Å². The summed E-state index contributed by atoms with van der Waals surface area (Å²) >= 11 is 0. The molecule has 5 rings (SSSR count). The Labute approximate surface area is 270 Å². The number of hydrogen-bond donors (Lipinski definition) is 1. The number of benzene rings is 3. The highest BCUT2D eigenvalue weighted by Gasteiger charge is 2.26. The topological polar surface area (TPSA) is 110 Å². The fourth-order valence-corrected chi connectivity index (χ4v) is 5.83. The molecule has 46 heavy (non-hydrogen) atoms. The lowest BCUT2D eigenvalue weighted by atomic mass is 9.94. The first kappa shape index (κ1) is 32.5. The Morgan fingerprint density at radius 1 is 0.913 bits per heavy atom. The van der Waals surface area contributed by atoms with E-state index in [0.29, 0.717) is 48.4 Å². The second-order valence-electron chi connectivity index (χ2n) is 11.9. The number of guanidine groups is 1. The quantitative estimate of drug-likeness (QED) is 0.156. The second-order valence-corrected chi connectivity index (χ2v) is 11.9. The molecule has 1 N–H and O–H groups in total. The summed E-state index contributed by atoms with van der Waals surface area (Å²) in [5, 5.41) is 2.69. The fraction of sp³-hybridized carbons (Fsp3) is 0.389. The first-order chi connectivity index (χ1) is 22.3. The minimum atomic E-state index is -0.731. The smallest absolute Gasteiger partial charge is 0.419 e. The molecule has 1 saturated carbocycles. The van der Waals surface area contributed by atoms with Gasteiger partial charge in [-0.15, -0.1) is 0 Å². The van der Waals surface area contributed by atoms with Crippen LogP contribution in [0.3, 0.4) is 0 Å². The Kier molecular flexibility index (Phi) is 10.9. The maximum absolute atomic E-state index is 13.1. The number of nitrogens with one attached hydrogen (secondary N) is 1. The zero-order valence-electron chi connectivity index (χ0n) is 26.8. The summed E-state index contributed by atoms with van der Waals surface area (Å²) in [5.74, 6) is 1.36. The third kappa shape index (κ3) is 8.65. The lowest BCUT2D eigenvalue weighted by Crippen LogP contribution is -2.48. The minimum Gasteiger partial charge on any atom is -0.494 e. The van der Waals surface area contributed by atoms with Gasteiger partial charge in [-0.1, -0.05) is 55.7 Å². The van der Waals surface area contributed by atoms with Crippen LogP contribution in [0.5, 0.6) is 17.2 Å². The van der Waals surface area contributed by atoms with E-state index in [1.807, 2.05) is 68.3 Å². The van der Waals surface area contributed by atoms with Gasteiger partial charge in [-0.05, 0) is 74.6 Å². The highest BCUT2D eigenvalue weighted by atomic mass is 16.6. The molecule has 0 bridgehead atoms. The van der Waals surface area contributed by atoms with E-state index in [1.165, 1.54) is 19.3 Å². The molecule has 3 aromatic rings. The number of fused-ring (bicyclic) bond motifs is 1. The normalized spacial score (nSPS) is 14.5. The van der Waals surface area contributed by atoms with Crippen molar-refractivity contribution < 1.29 is 28.6 Å². The van der Waals surface area contributed by atoms with E-state index in [2.05, 4.69) is 10.3 Å². The molecule has 2 aliphatic rings. The van der Waals surface area contributed by atoms with E-state index in [1.54, 1.807) is 29.2 Å². The third-order valence-electron chi connectivity index (χ3n) is 8.37. The summed E-state index contributed by atoms with van der Waals surface area (Å²) in [7, 11) is 1.91. The minimum absolute atomic E-state index is 0.157. The number of carbonyl (C=O) groups is 3. The van der Waals surface area contributed by atoms with E-state index in [-0.39, 0.29) is 25.0 Å².